The standard InChI is InChI=1S/C30H46F24O6Si4/c1-62(2,13-7-10-55-28(49,50)25(43,44)19(31)16-22(34,35)36)58-61(59-63(3,4)14-8-11-56-29(51,52)26(45,46)20(32)17-23(37,38)39)60-64(5,6)15-9-12-57-30(53,54)27(47,48)21(33)18-24(40,41)42/h19-21,61H,7-18H2,1-6H3. The molecule has 0 aliphatic rings. The summed E-state index contributed by atoms with van der Waals surface area (Å²) in [5.41, 5.74) is 0. The molecule has 6 nitrogen and oxygen atoms in total. The van der Waals surface area contributed by atoms with Gasteiger partial charge in [0.1, 0.15) is 0 Å². The minimum atomic E-state index is -5.95. The molecule has 0 radical (unpaired) electrons. The van der Waals surface area contributed by atoms with Crippen molar-refractivity contribution in [1.82, 2.24) is 0 Å². The maximum Gasteiger partial charge on any atom is 0.452 e. The van der Waals surface area contributed by atoms with Gasteiger partial charge in [-0.3, -0.25) is 0 Å². The molecule has 3 unspecified atom stereocenters. The largest absolute Gasteiger partial charge is 0.452 e. The summed E-state index contributed by atoms with van der Waals surface area (Å²) in [4.78, 5) is 0. The first-order chi connectivity index (χ1) is 28.0. The van der Waals surface area contributed by atoms with Gasteiger partial charge in [0, 0.05) is 0 Å². The van der Waals surface area contributed by atoms with E-state index in [0.717, 1.165) is 0 Å². The van der Waals surface area contributed by atoms with Crippen molar-refractivity contribution in [3.8, 4) is 0 Å². The molecule has 0 heterocycles. The first-order valence-electron chi connectivity index (χ1n) is 18.4. The molecular weight excluding hydrogens is 1020 g/mol. The van der Waals surface area contributed by atoms with Gasteiger partial charge in [-0.15, -0.1) is 0 Å². The predicted octanol–water partition coefficient (Wildman–Crippen LogP) is 13.1. The molecule has 34 heteroatoms. The van der Waals surface area contributed by atoms with Crippen LogP contribution < -0.4 is 0 Å². The van der Waals surface area contributed by atoms with Crippen LogP contribution in [-0.4, -0.2) is 127 Å². The number of ether oxygens (including phenoxy) is 3. The average molecular weight is 1070 g/mol. The summed E-state index contributed by atoms with van der Waals surface area (Å²) in [7, 11) is -14.0. The highest BCUT2D eigenvalue weighted by Crippen LogP contribution is 2.46. The van der Waals surface area contributed by atoms with E-state index in [4.69, 9.17) is 12.3 Å². The molecular formula is C30H46F24O6Si4. The minimum Gasteiger partial charge on any atom is -0.419 e. The normalized spacial score (nSPS) is 17.2. The fourth-order valence-electron chi connectivity index (χ4n) is 4.95. The number of halogens is 24. The molecule has 0 amide bonds. The lowest BCUT2D eigenvalue weighted by Crippen LogP contribution is -2.52. The SMILES string of the molecule is C[Si](C)(CCCOC(F)(F)C(F)(F)C(F)CC(F)(F)F)O[SiH](O[Si](C)(C)CCCOC(F)(F)C(F)(F)C(F)CC(F)(F)F)O[Si](C)(C)CCCOC(F)(F)C(F)(F)C(F)CC(F)(F)F. The van der Waals surface area contributed by atoms with E-state index in [1.165, 1.54) is 39.3 Å². The zero-order valence-electron chi connectivity index (χ0n) is 34.3. The molecule has 0 aromatic rings. The number of hydrogen-bond donors (Lipinski definition) is 0. The van der Waals surface area contributed by atoms with Crippen molar-refractivity contribution in [2.45, 2.75) is 169 Å². The first-order valence-corrected chi connectivity index (χ1v) is 29.1. The first kappa shape index (κ1) is 62.9. The zero-order valence-corrected chi connectivity index (χ0v) is 38.5. The van der Waals surface area contributed by atoms with Gasteiger partial charge in [-0.1, -0.05) is 0 Å². The summed E-state index contributed by atoms with van der Waals surface area (Å²) >= 11 is 0. The van der Waals surface area contributed by atoms with Crippen LogP contribution in [0.15, 0.2) is 0 Å². The second kappa shape index (κ2) is 22.6. The molecule has 0 aromatic heterocycles. The van der Waals surface area contributed by atoms with E-state index in [1.54, 1.807) is 0 Å². The van der Waals surface area contributed by atoms with Crippen molar-refractivity contribution in [2.24, 2.45) is 0 Å². The lowest BCUT2D eigenvalue weighted by molar-refractivity contribution is -0.366. The van der Waals surface area contributed by atoms with Crippen molar-refractivity contribution >= 4 is 34.5 Å². The van der Waals surface area contributed by atoms with Gasteiger partial charge < -0.3 is 26.6 Å². The highest BCUT2D eigenvalue weighted by atomic mass is 28.5. The van der Waals surface area contributed by atoms with E-state index in [2.05, 4.69) is 14.2 Å². The maximum atomic E-state index is 14.0. The molecule has 0 spiro atoms. The fourth-order valence-corrected chi connectivity index (χ4v) is 17.5. The Kier molecular flexibility index (Phi) is 22.2. The second-order valence-corrected chi connectivity index (χ2v) is 31.5. The molecule has 0 bridgehead atoms. The van der Waals surface area contributed by atoms with Crippen LogP contribution in [-0.2, 0) is 26.6 Å². The summed E-state index contributed by atoms with van der Waals surface area (Å²) in [6.45, 7) is 3.98. The Bertz CT molecular complexity index is 1240. The molecule has 0 saturated carbocycles. The summed E-state index contributed by atoms with van der Waals surface area (Å²) in [6, 6.07) is -1.05. The van der Waals surface area contributed by atoms with Gasteiger partial charge >= 0.3 is 64.1 Å². The quantitative estimate of drug-likeness (QED) is 0.0406. The van der Waals surface area contributed by atoms with Crippen molar-refractivity contribution in [3.05, 3.63) is 0 Å². The third-order valence-electron chi connectivity index (χ3n) is 8.44. The van der Waals surface area contributed by atoms with Gasteiger partial charge in [0.2, 0.25) is 0 Å². The van der Waals surface area contributed by atoms with E-state index < -0.39 is 166 Å². The Labute approximate surface area is 355 Å². The van der Waals surface area contributed by atoms with Crippen molar-refractivity contribution in [3.63, 3.8) is 0 Å². The molecule has 386 valence electrons. The minimum absolute atomic E-state index is 0.349. The van der Waals surface area contributed by atoms with Gasteiger partial charge in [-0.05, 0) is 76.7 Å². The Hall–Kier alpha value is -1.05. The van der Waals surface area contributed by atoms with Crippen molar-refractivity contribution < 1.29 is 132 Å². The monoisotopic (exact) mass is 1070 g/mol. The van der Waals surface area contributed by atoms with Crippen LogP contribution in [0, 0.1) is 0 Å². The van der Waals surface area contributed by atoms with Crippen LogP contribution in [0.5, 0.6) is 0 Å². The molecule has 0 saturated heterocycles. The van der Waals surface area contributed by atoms with Crippen molar-refractivity contribution in [1.29, 1.82) is 0 Å². The lowest BCUT2D eigenvalue weighted by Gasteiger charge is -2.37. The molecule has 0 aromatic carbocycles. The third-order valence-corrected chi connectivity index (χ3v) is 23.1. The Balaban J connectivity index is 6.03. The van der Waals surface area contributed by atoms with Gasteiger partial charge in [0.05, 0.1) is 39.1 Å². The van der Waals surface area contributed by atoms with Gasteiger partial charge in [0.25, 0.3) is 0 Å². The van der Waals surface area contributed by atoms with Gasteiger partial charge in [0.15, 0.2) is 43.5 Å². The maximum absolute atomic E-state index is 14.0. The van der Waals surface area contributed by atoms with Crippen LogP contribution in [0.4, 0.5) is 105 Å². The summed E-state index contributed by atoms with van der Waals surface area (Å²) in [5.74, 6) is -17.9. The smallest absolute Gasteiger partial charge is 0.419 e. The molecule has 3 atom stereocenters. The molecule has 0 rings (SSSR count). The van der Waals surface area contributed by atoms with Crippen LogP contribution in [0.25, 0.3) is 0 Å². The van der Waals surface area contributed by atoms with Crippen LogP contribution >= 0.6 is 0 Å². The number of hydrogen-bond acceptors (Lipinski definition) is 6. The highest BCUT2D eigenvalue weighted by molar-refractivity contribution is 6.84. The molecule has 64 heavy (non-hydrogen) atoms. The fraction of sp³-hybridized carbons (Fsp3) is 1.00. The highest BCUT2D eigenvalue weighted by Gasteiger charge is 2.67. The summed E-state index contributed by atoms with van der Waals surface area (Å²) in [6.07, 6.45) is -58.0. The van der Waals surface area contributed by atoms with E-state index in [9.17, 15) is 105 Å². The lowest BCUT2D eigenvalue weighted by atomic mass is 10.1. The molecule has 0 aliphatic carbocycles. The van der Waals surface area contributed by atoms with E-state index in [1.807, 2.05) is 0 Å². The second-order valence-electron chi connectivity index (χ2n) is 16.1. The van der Waals surface area contributed by atoms with E-state index in [0.29, 0.717) is 0 Å². The Morgan fingerprint density at radius 1 is 0.359 bits per heavy atom. The molecule has 0 fully saturated rings. The van der Waals surface area contributed by atoms with E-state index >= 15 is 0 Å². The third kappa shape index (κ3) is 21.5. The predicted molar refractivity (Wildman–Crippen MR) is 185 cm³/mol. The van der Waals surface area contributed by atoms with Crippen LogP contribution in [0.2, 0.25) is 57.4 Å². The van der Waals surface area contributed by atoms with Crippen LogP contribution in [0.1, 0.15) is 38.5 Å². The number of alkyl halides is 24. The van der Waals surface area contributed by atoms with Crippen LogP contribution in [0.3, 0.4) is 0 Å². The average Bonchev–Trinajstić information content (AvgIpc) is 3.03. The van der Waals surface area contributed by atoms with Gasteiger partial charge in [-0.2, -0.15) is 92.2 Å². The van der Waals surface area contributed by atoms with Gasteiger partial charge in [-0.25, -0.2) is 13.2 Å². The summed E-state index contributed by atoms with van der Waals surface area (Å²) in [5, 5.41) is 0. The topological polar surface area (TPSA) is 55.4 Å². The zero-order chi connectivity index (χ0) is 51.0. The molecule has 0 aliphatic heterocycles. The Morgan fingerprint density at radius 3 is 0.719 bits per heavy atom. The van der Waals surface area contributed by atoms with E-state index in [-0.39, 0.29) is 18.1 Å². The Morgan fingerprint density at radius 2 is 0.547 bits per heavy atom. The van der Waals surface area contributed by atoms with Crippen molar-refractivity contribution in [2.75, 3.05) is 19.8 Å². The molecule has 0 N–H and O–H groups in total. The number of rotatable bonds is 30. The summed E-state index contributed by atoms with van der Waals surface area (Å²) < 4.78 is 348.